The lowest BCUT2D eigenvalue weighted by Gasteiger charge is -2.21. The molecule has 2 rings (SSSR count). The van der Waals surface area contributed by atoms with Crippen molar-refractivity contribution in [1.82, 2.24) is 15.5 Å². The second kappa shape index (κ2) is 12.5. The molecule has 0 radical (unpaired) electrons. The number of nitrogens with zero attached hydrogens (tertiary/aromatic N) is 2. The van der Waals surface area contributed by atoms with Crippen LogP contribution in [-0.4, -0.2) is 56.9 Å². The van der Waals surface area contributed by atoms with E-state index in [4.69, 9.17) is 4.74 Å². The number of ether oxygens (including phenoxy) is 1. The highest BCUT2D eigenvalue weighted by Gasteiger charge is 2.28. The number of rotatable bonds is 8. The van der Waals surface area contributed by atoms with Crippen LogP contribution in [0.15, 0.2) is 23.2 Å². The predicted molar refractivity (Wildman–Crippen MR) is 121 cm³/mol. The van der Waals surface area contributed by atoms with Gasteiger partial charge < -0.3 is 20.3 Å². The maximum Gasteiger partial charge on any atom is 0.422 e. The molecular weight excluding hydrogens is 496 g/mol. The molecule has 1 aliphatic heterocycles. The predicted octanol–water partition coefficient (Wildman–Crippen LogP) is 3.95. The summed E-state index contributed by atoms with van der Waals surface area (Å²) >= 11 is 0. The topological polar surface area (TPSA) is 48.9 Å². The zero-order valence-electron chi connectivity index (χ0n) is 17.3. The van der Waals surface area contributed by atoms with Gasteiger partial charge in [0, 0.05) is 32.2 Å². The van der Waals surface area contributed by atoms with E-state index in [2.05, 4.69) is 27.4 Å². The van der Waals surface area contributed by atoms with Crippen LogP contribution < -0.4 is 15.4 Å². The van der Waals surface area contributed by atoms with Gasteiger partial charge in [0.15, 0.2) is 12.6 Å². The van der Waals surface area contributed by atoms with Crippen LogP contribution in [0.2, 0.25) is 0 Å². The number of guanidine groups is 1. The molecule has 0 saturated carbocycles. The third-order valence-electron chi connectivity index (χ3n) is 4.67. The highest BCUT2D eigenvalue weighted by atomic mass is 127. The highest BCUT2D eigenvalue weighted by Crippen LogP contribution is 2.23. The molecule has 1 unspecified atom stereocenters. The lowest BCUT2D eigenvalue weighted by molar-refractivity contribution is -0.153. The van der Waals surface area contributed by atoms with E-state index in [9.17, 15) is 13.2 Å². The van der Waals surface area contributed by atoms with Crippen LogP contribution in [-0.2, 0) is 6.54 Å². The Bertz CT molecular complexity index is 649. The Morgan fingerprint density at radius 2 is 1.93 bits per heavy atom. The van der Waals surface area contributed by atoms with E-state index in [1.165, 1.54) is 25.9 Å². The second-order valence-electron chi connectivity index (χ2n) is 7.43. The van der Waals surface area contributed by atoms with Crippen LogP contribution in [0, 0.1) is 12.8 Å². The summed E-state index contributed by atoms with van der Waals surface area (Å²) in [7, 11) is 1.68. The van der Waals surface area contributed by atoms with Gasteiger partial charge in [-0.3, -0.25) is 4.99 Å². The summed E-state index contributed by atoms with van der Waals surface area (Å²) in [5.74, 6) is 1.33. The minimum absolute atomic E-state index is 0. The number of nitrogens with one attached hydrogen (secondary N) is 2. The molecule has 1 aromatic carbocycles. The molecule has 1 atom stereocenters. The van der Waals surface area contributed by atoms with Crippen molar-refractivity contribution in [2.24, 2.45) is 10.9 Å². The Morgan fingerprint density at radius 3 is 2.55 bits per heavy atom. The molecule has 0 bridgehead atoms. The first-order valence-corrected chi connectivity index (χ1v) is 9.73. The quantitative estimate of drug-likeness (QED) is 0.305. The minimum atomic E-state index is -4.36. The van der Waals surface area contributed by atoms with Crippen LogP contribution in [0.25, 0.3) is 0 Å². The van der Waals surface area contributed by atoms with Gasteiger partial charge >= 0.3 is 6.18 Å². The third kappa shape index (κ3) is 9.88. The van der Waals surface area contributed by atoms with Crippen LogP contribution >= 0.6 is 24.0 Å². The van der Waals surface area contributed by atoms with E-state index >= 15 is 0 Å². The zero-order valence-corrected chi connectivity index (χ0v) is 19.6. The molecule has 1 aliphatic rings. The Balaban J connectivity index is 0.00000420. The van der Waals surface area contributed by atoms with Crippen molar-refractivity contribution < 1.29 is 17.9 Å². The lowest BCUT2D eigenvalue weighted by atomic mass is 10.1. The number of alkyl halides is 3. The molecule has 9 heteroatoms. The summed E-state index contributed by atoms with van der Waals surface area (Å²) in [6.07, 6.45) is -1.81. The molecule has 1 aromatic rings. The summed E-state index contributed by atoms with van der Waals surface area (Å²) in [5.41, 5.74) is 1.50. The third-order valence-corrected chi connectivity index (χ3v) is 4.67. The van der Waals surface area contributed by atoms with Crippen molar-refractivity contribution in [3.05, 3.63) is 29.3 Å². The van der Waals surface area contributed by atoms with Crippen LogP contribution in [0.5, 0.6) is 5.75 Å². The van der Waals surface area contributed by atoms with E-state index in [1.54, 1.807) is 19.2 Å². The smallest absolute Gasteiger partial charge is 0.422 e. The van der Waals surface area contributed by atoms with Gasteiger partial charge in [0.25, 0.3) is 0 Å². The number of benzene rings is 1. The maximum absolute atomic E-state index is 12.5. The van der Waals surface area contributed by atoms with Gasteiger partial charge in [-0.2, -0.15) is 13.2 Å². The first-order valence-electron chi connectivity index (χ1n) is 9.73. The molecule has 0 spiro atoms. The van der Waals surface area contributed by atoms with Crippen LogP contribution in [0.1, 0.15) is 30.9 Å². The van der Waals surface area contributed by atoms with Gasteiger partial charge in [0.2, 0.25) is 0 Å². The minimum Gasteiger partial charge on any atom is -0.484 e. The highest BCUT2D eigenvalue weighted by molar-refractivity contribution is 14.0. The van der Waals surface area contributed by atoms with Crippen molar-refractivity contribution >= 4 is 29.9 Å². The van der Waals surface area contributed by atoms with Crippen molar-refractivity contribution in [2.75, 3.05) is 39.8 Å². The summed E-state index contributed by atoms with van der Waals surface area (Å²) in [5, 5.41) is 6.45. The number of halogens is 4. The van der Waals surface area contributed by atoms with Gasteiger partial charge in [-0.15, -0.1) is 24.0 Å². The molecule has 2 N–H and O–H groups in total. The van der Waals surface area contributed by atoms with E-state index in [-0.39, 0.29) is 29.7 Å². The molecule has 5 nitrogen and oxygen atoms in total. The fourth-order valence-corrected chi connectivity index (χ4v) is 3.24. The number of hydrogen-bond donors (Lipinski definition) is 2. The molecule has 0 amide bonds. The van der Waals surface area contributed by atoms with Crippen molar-refractivity contribution in [3.8, 4) is 5.75 Å². The summed E-state index contributed by atoms with van der Waals surface area (Å²) in [6, 6.07) is 5.25. The number of likely N-dealkylation sites (tertiary alicyclic amines) is 1. The molecule has 0 aliphatic carbocycles. The molecule has 29 heavy (non-hydrogen) atoms. The zero-order chi connectivity index (χ0) is 20.6. The van der Waals surface area contributed by atoms with Gasteiger partial charge in [-0.1, -0.05) is 19.1 Å². The molecule has 1 fully saturated rings. The first-order chi connectivity index (χ1) is 13.3. The average molecular weight is 528 g/mol. The number of aryl methyl sites for hydroxylation is 1. The van der Waals surface area contributed by atoms with Gasteiger partial charge in [-0.05, 0) is 50.4 Å². The Morgan fingerprint density at radius 1 is 1.24 bits per heavy atom. The molecule has 0 aromatic heterocycles. The van der Waals surface area contributed by atoms with Gasteiger partial charge in [-0.25, -0.2) is 0 Å². The Labute approximate surface area is 188 Å². The molecule has 166 valence electrons. The monoisotopic (exact) mass is 528 g/mol. The molecule has 1 saturated heterocycles. The maximum atomic E-state index is 12.5. The van der Waals surface area contributed by atoms with E-state index in [1.807, 2.05) is 13.0 Å². The van der Waals surface area contributed by atoms with Crippen molar-refractivity contribution in [1.29, 1.82) is 0 Å². The Hall–Kier alpha value is -1.23. The summed E-state index contributed by atoms with van der Waals surface area (Å²) in [4.78, 5) is 6.67. The fourth-order valence-electron chi connectivity index (χ4n) is 3.24. The van der Waals surface area contributed by atoms with Crippen molar-refractivity contribution in [2.45, 2.75) is 39.4 Å². The van der Waals surface area contributed by atoms with E-state index in [0.29, 0.717) is 24.0 Å². The fraction of sp³-hybridized carbons (Fsp3) is 0.650. The number of aliphatic imine (C=N–C) groups is 1. The summed E-state index contributed by atoms with van der Waals surface area (Å²) in [6.45, 7) is 7.22. The van der Waals surface area contributed by atoms with Crippen LogP contribution in [0.4, 0.5) is 13.2 Å². The van der Waals surface area contributed by atoms with E-state index < -0.39 is 12.8 Å². The summed E-state index contributed by atoms with van der Waals surface area (Å²) < 4.78 is 42.5. The standard InChI is InChI=1S/C20H31F3N4O.HI/c1-15-6-7-17(18(10-15)28-14-20(21,22)23)12-26-19(24-3)25-11-16(2)13-27-8-4-5-9-27;/h6-7,10,16H,4-5,8-9,11-14H2,1-3H3,(H2,24,25,26);1H. The molecule has 1 heterocycles. The van der Waals surface area contributed by atoms with Crippen molar-refractivity contribution in [3.63, 3.8) is 0 Å². The lowest BCUT2D eigenvalue weighted by Crippen LogP contribution is -2.41. The largest absolute Gasteiger partial charge is 0.484 e. The number of hydrogen-bond acceptors (Lipinski definition) is 3. The Kier molecular flexibility index (Phi) is 11.1. The van der Waals surface area contributed by atoms with Crippen LogP contribution in [0.3, 0.4) is 0 Å². The first kappa shape index (κ1) is 25.8. The normalized spacial score (nSPS) is 16.3. The van der Waals surface area contributed by atoms with Gasteiger partial charge in [0.1, 0.15) is 5.75 Å². The second-order valence-corrected chi connectivity index (χ2v) is 7.43. The molecular formula is C20H32F3IN4O. The van der Waals surface area contributed by atoms with Gasteiger partial charge in [0.05, 0.1) is 0 Å². The van der Waals surface area contributed by atoms with E-state index in [0.717, 1.165) is 18.7 Å². The SMILES string of the molecule is CN=C(NCc1ccc(C)cc1OCC(F)(F)F)NCC(C)CN1CCCC1.I. The average Bonchev–Trinajstić information content (AvgIpc) is 3.13.